The molecule has 2 saturated heterocycles. The maximum absolute atomic E-state index is 13.4. The van der Waals surface area contributed by atoms with Gasteiger partial charge in [0.2, 0.25) is 12.5 Å². The Morgan fingerprint density at radius 1 is 0.929 bits per heavy atom. The summed E-state index contributed by atoms with van der Waals surface area (Å²) in [4.78, 5) is 24.7. The quantitative estimate of drug-likeness (QED) is 0.219. The van der Waals surface area contributed by atoms with Gasteiger partial charge in [0.05, 0.1) is 13.2 Å². The van der Waals surface area contributed by atoms with E-state index in [9.17, 15) is 44.6 Å². The maximum atomic E-state index is 13.4. The van der Waals surface area contributed by atoms with E-state index in [0.29, 0.717) is 0 Å². The molecule has 0 saturated carbocycles. The third kappa shape index (κ3) is 2.96. The second-order valence-electron chi connectivity index (χ2n) is 6.84. The second kappa shape index (κ2) is 7.70. The van der Waals surface area contributed by atoms with Gasteiger partial charge in [0.15, 0.2) is 12.2 Å². The number of rotatable bonds is 5. The average molecular weight is 409 g/mol. The molecule has 158 valence electrons. The third-order valence-electron chi connectivity index (χ3n) is 5.25. The standard InChI is InChI=1S/C15H21FN2O10/c16-1-5-2-18(15(26)17-12(5)25,13-10(23)8(21)6(3-19)27-13)14-11(24)9(22)7(4-20)28-14/h2,6-11,13-14,19-24H,1,3-4H2/p+1/t6-,7-,8-,9-,10-,11+,13-,14-,18?/m1/s1. The van der Waals surface area contributed by atoms with Crippen molar-refractivity contribution in [3.8, 4) is 0 Å². The van der Waals surface area contributed by atoms with E-state index in [2.05, 4.69) is 0 Å². The highest BCUT2D eigenvalue weighted by molar-refractivity contribution is 6.04. The predicted octanol–water partition coefficient (Wildman–Crippen LogP) is -4.22. The van der Waals surface area contributed by atoms with Crippen LogP contribution < -0.4 is 5.32 Å². The summed E-state index contributed by atoms with van der Waals surface area (Å²) >= 11 is 0. The van der Waals surface area contributed by atoms with Crippen molar-refractivity contribution in [3.05, 3.63) is 11.8 Å². The molecule has 0 radical (unpaired) electrons. The number of nitrogens with zero attached hydrogens (tertiary/aromatic N) is 1. The molecule has 12 nitrogen and oxygen atoms in total. The normalized spacial score (nSPS) is 46.6. The number of urea groups is 1. The van der Waals surface area contributed by atoms with Gasteiger partial charge in [-0.15, -0.1) is 0 Å². The van der Waals surface area contributed by atoms with E-state index in [1.165, 1.54) is 0 Å². The van der Waals surface area contributed by atoms with Crippen molar-refractivity contribution in [1.29, 1.82) is 0 Å². The summed E-state index contributed by atoms with van der Waals surface area (Å²) < 4.78 is 22.8. The first-order chi connectivity index (χ1) is 13.2. The Bertz CT molecular complexity index is 645. The van der Waals surface area contributed by atoms with E-state index in [-0.39, 0.29) is 0 Å². The van der Waals surface area contributed by atoms with Crippen molar-refractivity contribution >= 4 is 11.9 Å². The molecule has 9 atom stereocenters. The van der Waals surface area contributed by atoms with Crippen LogP contribution in [0.15, 0.2) is 11.8 Å². The number of carbonyl (C=O) groups excluding carboxylic acids is 2. The van der Waals surface area contributed by atoms with Crippen LogP contribution in [0.25, 0.3) is 0 Å². The van der Waals surface area contributed by atoms with Crippen LogP contribution >= 0.6 is 0 Å². The fourth-order valence-corrected chi connectivity index (χ4v) is 3.73. The van der Waals surface area contributed by atoms with E-state index in [1.807, 2.05) is 5.32 Å². The van der Waals surface area contributed by atoms with Gasteiger partial charge in [-0.1, -0.05) is 0 Å². The highest BCUT2D eigenvalue weighted by atomic mass is 19.1. The van der Waals surface area contributed by atoms with Gasteiger partial charge >= 0.3 is 6.03 Å². The largest absolute Gasteiger partial charge is 0.432 e. The van der Waals surface area contributed by atoms with Gasteiger partial charge in [0.25, 0.3) is 5.91 Å². The fraction of sp³-hybridized carbons (Fsp3) is 0.733. The number of alkyl halides is 1. The molecule has 2 fully saturated rings. The number of aliphatic hydroxyl groups is 6. The number of hydrogen-bond acceptors (Lipinski definition) is 10. The first kappa shape index (κ1) is 21.2. The summed E-state index contributed by atoms with van der Waals surface area (Å²) in [6.07, 6.45) is -12.2. The molecule has 3 aliphatic rings. The molecular formula is C15H22FN2O10+. The van der Waals surface area contributed by atoms with Gasteiger partial charge in [0.1, 0.15) is 42.9 Å². The van der Waals surface area contributed by atoms with Gasteiger partial charge in [0, 0.05) is 0 Å². The number of carbonyl (C=O) groups is 2. The lowest BCUT2D eigenvalue weighted by atomic mass is 10.0. The highest BCUT2D eigenvalue weighted by Gasteiger charge is 2.67. The van der Waals surface area contributed by atoms with E-state index >= 15 is 0 Å². The number of ether oxygens (including phenoxy) is 2. The predicted molar refractivity (Wildman–Crippen MR) is 83.4 cm³/mol. The summed E-state index contributed by atoms with van der Waals surface area (Å²) in [5, 5.41) is 61.5. The smallest absolute Gasteiger partial charge is 0.394 e. The SMILES string of the molecule is O=C1NC(=O)[N+]([C@@H]2O[C@H](CO)[C@@H](O)[C@H]2O)([C@@H]2O[C@H](CO)[C@@H](O)[C@@H]2O)C=C1CF. The molecule has 3 heterocycles. The molecule has 3 aliphatic heterocycles. The van der Waals surface area contributed by atoms with Gasteiger partial charge in [-0.2, -0.15) is 4.48 Å². The zero-order valence-electron chi connectivity index (χ0n) is 14.5. The number of hydrogen-bond donors (Lipinski definition) is 7. The van der Waals surface area contributed by atoms with Gasteiger partial charge in [-0.3, -0.25) is 4.79 Å². The molecule has 13 heteroatoms. The first-order valence-corrected chi connectivity index (χ1v) is 8.49. The summed E-state index contributed by atoms with van der Waals surface area (Å²) in [6, 6.07) is -1.19. The minimum Gasteiger partial charge on any atom is -0.394 e. The van der Waals surface area contributed by atoms with Crippen molar-refractivity contribution in [3.63, 3.8) is 0 Å². The van der Waals surface area contributed by atoms with Crippen LogP contribution in [0, 0.1) is 0 Å². The van der Waals surface area contributed by atoms with E-state index in [4.69, 9.17) is 9.47 Å². The Kier molecular flexibility index (Phi) is 5.82. The molecule has 1 unspecified atom stereocenters. The third-order valence-corrected chi connectivity index (χ3v) is 5.25. The lowest BCUT2D eigenvalue weighted by molar-refractivity contribution is -0.904. The van der Waals surface area contributed by atoms with Crippen molar-refractivity contribution < 1.29 is 58.6 Å². The topological polar surface area (TPSA) is 186 Å². The van der Waals surface area contributed by atoms with Crippen LogP contribution in [0.3, 0.4) is 0 Å². The summed E-state index contributed by atoms with van der Waals surface area (Å²) in [7, 11) is 0. The van der Waals surface area contributed by atoms with E-state index < -0.39 is 91.0 Å². The van der Waals surface area contributed by atoms with Gasteiger partial charge < -0.3 is 40.1 Å². The highest BCUT2D eigenvalue weighted by Crippen LogP contribution is 2.40. The molecule has 3 amide bonds. The molecule has 0 aromatic rings. The second-order valence-corrected chi connectivity index (χ2v) is 6.84. The lowest BCUT2D eigenvalue weighted by Crippen LogP contribution is -2.72. The summed E-state index contributed by atoms with van der Waals surface area (Å²) in [5.74, 6) is -1.06. The first-order valence-electron chi connectivity index (χ1n) is 8.49. The Morgan fingerprint density at radius 2 is 1.39 bits per heavy atom. The lowest BCUT2D eigenvalue weighted by Gasteiger charge is -2.43. The molecule has 0 spiro atoms. The zero-order chi connectivity index (χ0) is 20.8. The van der Waals surface area contributed by atoms with Crippen molar-refractivity contribution in [2.45, 2.75) is 49.1 Å². The number of amides is 3. The molecule has 0 aliphatic carbocycles. The van der Waals surface area contributed by atoms with E-state index in [1.54, 1.807) is 0 Å². The number of nitrogens with one attached hydrogen (secondary N) is 1. The molecule has 3 rings (SSSR count). The number of halogens is 1. The Balaban J connectivity index is 2.14. The molecule has 0 aromatic heterocycles. The minimum atomic E-state index is -1.81. The molecular weight excluding hydrogens is 387 g/mol. The monoisotopic (exact) mass is 409 g/mol. The van der Waals surface area contributed by atoms with Crippen LogP contribution in [0.2, 0.25) is 0 Å². The van der Waals surface area contributed by atoms with Crippen LogP contribution in [0.5, 0.6) is 0 Å². The van der Waals surface area contributed by atoms with Crippen LogP contribution in [0.1, 0.15) is 0 Å². The van der Waals surface area contributed by atoms with E-state index in [0.717, 1.165) is 6.20 Å². The minimum absolute atomic E-state index is 0.546. The Morgan fingerprint density at radius 3 is 1.75 bits per heavy atom. The summed E-state index contributed by atoms with van der Waals surface area (Å²) in [5.41, 5.74) is -0.546. The van der Waals surface area contributed by atoms with Crippen LogP contribution in [0.4, 0.5) is 9.18 Å². The fourth-order valence-electron chi connectivity index (χ4n) is 3.73. The number of aliphatic hydroxyl groups excluding tert-OH is 6. The van der Waals surface area contributed by atoms with Gasteiger partial charge in [-0.25, -0.2) is 14.5 Å². The van der Waals surface area contributed by atoms with Crippen LogP contribution in [-0.4, -0.2) is 116 Å². The number of imide groups is 1. The maximum Gasteiger partial charge on any atom is 0.432 e. The number of quaternary nitrogens is 1. The zero-order valence-corrected chi connectivity index (χ0v) is 14.5. The molecule has 7 N–H and O–H groups in total. The van der Waals surface area contributed by atoms with Gasteiger partial charge in [-0.05, 0) is 0 Å². The Hall–Kier alpha value is -1.55. The molecule has 0 aromatic carbocycles. The van der Waals surface area contributed by atoms with Crippen molar-refractivity contribution in [1.82, 2.24) is 5.32 Å². The Labute approximate surface area is 157 Å². The summed E-state index contributed by atoms with van der Waals surface area (Å²) in [6.45, 7) is -2.78. The average Bonchev–Trinajstić information content (AvgIpc) is 3.13. The van der Waals surface area contributed by atoms with Crippen LogP contribution in [-0.2, 0) is 14.3 Å². The van der Waals surface area contributed by atoms with Crippen molar-refractivity contribution in [2.75, 3.05) is 19.9 Å². The van der Waals surface area contributed by atoms with Crippen molar-refractivity contribution in [2.24, 2.45) is 0 Å². The molecule has 28 heavy (non-hydrogen) atoms. The molecule has 0 bridgehead atoms.